The van der Waals surface area contributed by atoms with Crippen LogP contribution in [0.3, 0.4) is 0 Å². The predicted octanol–water partition coefficient (Wildman–Crippen LogP) is 2.86. The van der Waals surface area contributed by atoms with Gasteiger partial charge in [-0.2, -0.15) is 10.2 Å². The van der Waals surface area contributed by atoms with Crippen molar-refractivity contribution < 1.29 is 33.0 Å². The third-order valence-electron chi connectivity index (χ3n) is 6.52. The molecule has 1 saturated heterocycles. The molecule has 3 aromatic rings. The summed E-state index contributed by atoms with van der Waals surface area (Å²) in [6.07, 6.45) is -3.55. The highest BCUT2D eigenvalue weighted by Gasteiger charge is 2.33. The van der Waals surface area contributed by atoms with Gasteiger partial charge in [0.1, 0.15) is 29.3 Å². The molecule has 3 heterocycles. The van der Waals surface area contributed by atoms with Crippen molar-refractivity contribution in [1.29, 1.82) is 5.26 Å². The monoisotopic (exact) mass is 581 g/mol. The first-order chi connectivity index (χ1) is 20.1. The number of carbonyl (C=O) groups is 2. The Morgan fingerprint density at radius 2 is 1.90 bits per heavy atom. The normalized spacial score (nSPS) is 14.2. The summed E-state index contributed by atoms with van der Waals surface area (Å²) in [6, 6.07) is 12.0. The van der Waals surface area contributed by atoms with E-state index in [9.17, 15) is 28.7 Å². The number of aliphatic hydroxyl groups excluding tert-OH is 1. The number of aliphatic hydroxyl groups is 1. The third-order valence-corrected chi connectivity index (χ3v) is 6.52. The fraction of sp³-hybridized carbons (Fsp3) is 0.357. The lowest BCUT2D eigenvalue weighted by atomic mass is 10.1. The number of aromatic nitrogens is 3. The molecular formula is C28H29F2N7O5. The molecule has 0 aliphatic carbocycles. The van der Waals surface area contributed by atoms with Gasteiger partial charge in [-0.25, -0.2) is 18.7 Å². The molecule has 2 amide bonds. The second kappa shape index (κ2) is 13.2. The second-order valence-corrected chi connectivity index (χ2v) is 9.59. The molecule has 1 atom stereocenters. The van der Waals surface area contributed by atoms with Crippen molar-refractivity contribution in [3.63, 3.8) is 0 Å². The minimum Gasteiger partial charge on any atom is -0.489 e. The number of likely N-dealkylation sites (tertiary alicyclic amines) is 1. The lowest BCUT2D eigenvalue weighted by Crippen LogP contribution is -2.47. The van der Waals surface area contributed by atoms with Gasteiger partial charge in [0.15, 0.2) is 6.10 Å². The molecule has 0 bridgehead atoms. The van der Waals surface area contributed by atoms with Gasteiger partial charge in [-0.1, -0.05) is 0 Å². The molecule has 0 unspecified atom stereocenters. The van der Waals surface area contributed by atoms with Gasteiger partial charge in [-0.3, -0.25) is 9.59 Å². The summed E-state index contributed by atoms with van der Waals surface area (Å²) in [7, 11) is 4.68. The van der Waals surface area contributed by atoms with Crippen LogP contribution in [-0.2, 0) is 4.79 Å². The minimum atomic E-state index is -3.14. The average Bonchev–Trinajstić information content (AvgIpc) is 3.00. The number of carbonyl (C=O) groups excluding carboxylic acids is 2. The van der Waals surface area contributed by atoms with Gasteiger partial charge >= 0.3 is 0 Å². The van der Waals surface area contributed by atoms with Crippen LogP contribution < -0.4 is 14.8 Å². The smallest absolute Gasteiger partial charge is 0.273 e. The number of benzene rings is 1. The van der Waals surface area contributed by atoms with E-state index in [0.29, 0.717) is 41.2 Å². The number of amides is 2. The number of pyridine rings is 1. The number of rotatable bonds is 9. The molecule has 2 N–H and O–H groups in total. The number of nitriles is 1. The van der Waals surface area contributed by atoms with Crippen LogP contribution in [-0.4, -0.2) is 94.6 Å². The zero-order valence-corrected chi connectivity index (χ0v) is 23.1. The Hall–Kier alpha value is -4.90. The van der Waals surface area contributed by atoms with Crippen molar-refractivity contribution in [1.82, 2.24) is 24.8 Å². The Kier molecular flexibility index (Phi) is 9.43. The predicted molar refractivity (Wildman–Crippen MR) is 147 cm³/mol. The largest absolute Gasteiger partial charge is 0.489 e. The number of methoxy groups -OCH3 is 1. The maximum atomic E-state index is 12.7. The number of nitrogens with one attached hydrogen (secondary N) is 1. The molecule has 2 aromatic heterocycles. The minimum absolute atomic E-state index is 0.145. The van der Waals surface area contributed by atoms with Gasteiger partial charge in [-0.15, -0.1) is 0 Å². The quantitative estimate of drug-likeness (QED) is 0.386. The fourth-order valence-corrected chi connectivity index (χ4v) is 4.31. The number of hydrogen-bond donors (Lipinski definition) is 2. The van der Waals surface area contributed by atoms with Crippen LogP contribution in [0.1, 0.15) is 28.8 Å². The molecule has 1 aliphatic rings. The summed E-state index contributed by atoms with van der Waals surface area (Å²) < 4.78 is 36.6. The number of ether oxygens (including phenoxy) is 2. The first-order valence-corrected chi connectivity index (χ1v) is 12.9. The average molecular weight is 582 g/mol. The lowest BCUT2D eigenvalue weighted by Gasteiger charge is -2.33. The molecule has 1 fully saturated rings. The zero-order valence-electron chi connectivity index (χ0n) is 23.1. The SMILES string of the molecule is COc1nc(Nc2nccc(-c3ccc(OC4CCN(C(=O)[C@@H](O)C(F)F)CC4)c(C#N)c3)n2)ccc1C(=O)N(C)C. The zero-order chi connectivity index (χ0) is 30.4. The molecule has 12 nitrogen and oxygen atoms in total. The summed E-state index contributed by atoms with van der Waals surface area (Å²) >= 11 is 0. The third kappa shape index (κ3) is 6.87. The Morgan fingerprint density at radius 3 is 2.55 bits per heavy atom. The molecule has 1 aromatic carbocycles. The van der Waals surface area contributed by atoms with E-state index in [2.05, 4.69) is 26.3 Å². The van der Waals surface area contributed by atoms with Crippen LogP contribution in [0.25, 0.3) is 11.3 Å². The topological polar surface area (TPSA) is 154 Å². The number of hydrogen-bond acceptors (Lipinski definition) is 10. The Bertz CT molecular complexity index is 1490. The van der Waals surface area contributed by atoms with Crippen LogP contribution in [0.5, 0.6) is 11.6 Å². The standard InChI is InChI=1S/C28H29F2N7O5/c1-36(2)26(39)19-5-7-22(34-25(19)41-3)35-28-32-11-8-20(33-28)16-4-6-21(17(14-16)15-31)42-18-9-12-37(13-10-18)27(40)23(38)24(29)30/h4-8,11,14,18,23-24,38H,9-10,12-13H2,1-3H3,(H,32,33,34,35)/t23-/m0/s1. The summed E-state index contributed by atoms with van der Waals surface area (Å²) in [6.45, 7) is 0.304. The fourth-order valence-electron chi connectivity index (χ4n) is 4.31. The molecule has 14 heteroatoms. The van der Waals surface area contributed by atoms with Crippen molar-refractivity contribution in [2.45, 2.75) is 31.5 Å². The van der Waals surface area contributed by atoms with Gasteiger partial charge in [0.25, 0.3) is 18.2 Å². The van der Waals surface area contributed by atoms with Crippen LogP contribution in [0.2, 0.25) is 0 Å². The lowest BCUT2D eigenvalue weighted by molar-refractivity contribution is -0.150. The molecule has 220 valence electrons. The Balaban J connectivity index is 1.45. The van der Waals surface area contributed by atoms with Gasteiger partial charge in [0.05, 0.1) is 18.4 Å². The maximum absolute atomic E-state index is 12.7. The number of piperidine rings is 1. The highest BCUT2D eigenvalue weighted by atomic mass is 19.3. The van der Waals surface area contributed by atoms with Crippen molar-refractivity contribution in [3.8, 4) is 29.0 Å². The van der Waals surface area contributed by atoms with E-state index in [1.54, 1.807) is 56.7 Å². The van der Waals surface area contributed by atoms with Crippen LogP contribution in [0.4, 0.5) is 20.5 Å². The highest BCUT2D eigenvalue weighted by Crippen LogP contribution is 2.29. The van der Waals surface area contributed by atoms with Gasteiger partial charge in [-0.05, 0) is 36.4 Å². The van der Waals surface area contributed by atoms with Gasteiger partial charge in [0.2, 0.25) is 11.8 Å². The summed E-state index contributed by atoms with van der Waals surface area (Å²) in [5, 5.41) is 22.1. The number of anilines is 2. The second-order valence-electron chi connectivity index (χ2n) is 9.59. The van der Waals surface area contributed by atoms with E-state index < -0.39 is 18.4 Å². The molecule has 42 heavy (non-hydrogen) atoms. The molecule has 0 radical (unpaired) electrons. The number of nitrogens with zero attached hydrogens (tertiary/aromatic N) is 6. The van der Waals surface area contributed by atoms with E-state index >= 15 is 0 Å². The molecule has 1 aliphatic heterocycles. The summed E-state index contributed by atoms with van der Waals surface area (Å²) in [5.41, 5.74) is 1.72. The van der Waals surface area contributed by atoms with Crippen molar-refractivity contribution in [3.05, 3.63) is 53.7 Å². The number of alkyl halides is 2. The van der Waals surface area contributed by atoms with E-state index in [1.165, 1.54) is 16.9 Å². The van der Waals surface area contributed by atoms with E-state index in [1.807, 2.05) is 0 Å². The summed E-state index contributed by atoms with van der Waals surface area (Å²) in [5.74, 6) is -0.185. The van der Waals surface area contributed by atoms with Crippen molar-refractivity contribution >= 4 is 23.6 Å². The van der Waals surface area contributed by atoms with Crippen LogP contribution in [0, 0.1) is 11.3 Å². The van der Waals surface area contributed by atoms with E-state index in [4.69, 9.17) is 9.47 Å². The van der Waals surface area contributed by atoms with Crippen molar-refractivity contribution in [2.75, 3.05) is 39.6 Å². The van der Waals surface area contributed by atoms with Gasteiger partial charge in [0, 0.05) is 51.8 Å². The number of halogens is 2. The Labute approximate surface area is 240 Å². The van der Waals surface area contributed by atoms with Crippen molar-refractivity contribution in [2.24, 2.45) is 0 Å². The molecule has 4 rings (SSSR count). The maximum Gasteiger partial charge on any atom is 0.273 e. The summed E-state index contributed by atoms with van der Waals surface area (Å²) in [4.78, 5) is 40.0. The van der Waals surface area contributed by atoms with E-state index in [-0.39, 0.29) is 42.5 Å². The highest BCUT2D eigenvalue weighted by molar-refractivity contribution is 5.96. The first kappa shape index (κ1) is 30.1. The van der Waals surface area contributed by atoms with Crippen LogP contribution in [0.15, 0.2) is 42.6 Å². The molecular weight excluding hydrogens is 552 g/mol. The van der Waals surface area contributed by atoms with Crippen LogP contribution >= 0.6 is 0 Å². The van der Waals surface area contributed by atoms with E-state index in [0.717, 1.165) is 0 Å². The van der Waals surface area contributed by atoms with Gasteiger partial charge < -0.3 is 29.7 Å². The first-order valence-electron chi connectivity index (χ1n) is 12.9. The Morgan fingerprint density at radius 1 is 1.17 bits per heavy atom. The molecule has 0 saturated carbocycles. The molecule has 0 spiro atoms.